The second-order valence-corrected chi connectivity index (χ2v) is 5.30. The Hall–Kier alpha value is -0.500. The molecule has 6 nitrogen and oxygen atoms in total. The van der Waals surface area contributed by atoms with Gasteiger partial charge >= 0.3 is 0 Å². The molecular formula is C15H32O6. The van der Waals surface area contributed by atoms with Gasteiger partial charge in [-0.3, -0.25) is 5.26 Å². The largest absolute Gasteiger partial charge is 0.348 e. The molecule has 0 aliphatic carbocycles. The van der Waals surface area contributed by atoms with Gasteiger partial charge in [-0.1, -0.05) is 14.9 Å². The summed E-state index contributed by atoms with van der Waals surface area (Å²) in [4.78, 5) is 4.16. The lowest BCUT2D eigenvalue weighted by molar-refractivity contribution is -0.263. The predicted octanol–water partition coefficient (Wildman–Crippen LogP) is 3.22. The monoisotopic (exact) mass is 308 g/mol. The maximum Gasteiger partial charge on any atom is 0.164 e. The molecule has 0 amide bonds. The molecule has 0 aromatic heterocycles. The lowest BCUT2D eigenvalue weighted by Crippen LogP contribution is -2.40. The van der Waals surface area contributed by atoms with Crippen LogP contribution in [0.25, 0.3) is 0 Å². The first-order valence-corrected chi connectivity index (χ1v) is 6.27. The first-order chi connectivity index (χ1) is 8.83. The van der Waals surface area contributed by atoms with Gasteiger partial charge in [0.2, 0.25) is 0 Å². The van der Waals surface area contributed by atoms with E-state index < -0.39 is 11.6 Å². The van der Waals surface area contributed by atoms with Gasteiger partial charge in [0.05, 0.1) is 6.61 Å². The second-order valence-electron chi connectivity index (χ2n) is 5.30. The Balaban J connectivity index is 0. The maximum absolute atomic E-state index is 8.55. The third-order valence-corrected chi connectivity index (χ3v) is 2.86. The molecule has 0 aromatic carbocycles. The summed E-state index contributed by atoms with van der Waals surface area (Å²) in [5.74, 6) is -1.31. The normalized spacial score (nSPS) is 32.3. The summed E-state index contributed by atoms with van der Waals surface area (Å²) in [6, 6.07) is 0. The van der Waals surface area contributed by atoms with E-state index in [2.05, 4.69) is 18.0 Å². The van der Waals surface area contributed by atoms with E-state index in [1.54, 1.807) is 0 Å². The Morgan fingerprint density at radius 1 is 1.05 bits per heavy atom. The van der Waals surface area contributed by atoms with Gasteiger partial charge in [-0.25, -0.2) is 4.89 Å². The van der Waals surface area contributed by atoms with Gasteiger partial charge in [-0.15, -0.1) is 13.2 Å². The molecule has 2 saturated heterocycles. The fraction of sp³-hybridized carbons (Fsp3) is 0.867. The highest BCUT2D eigenvalue weighted by Gasteiger charge is 2.49. The number of ether oxygens (including phenoxy) is 4. The molecule has 0 radical (unpaired) electrons. The van der Waals surface area contributed by atoms with E-state index in [4.69, 9.17) is 24.2 Å². The third kappa shape index (κ3) is 6.02. The van der Waals surface area contributed by atoms with Crippen LogP contribution in [-0.2, 0) is 23.8 Å². The molecule has 2 fully saturated rings. The van der Waals surface area contributed by atoms with Crippen LogP contribution in [0.15, 0.2) is 13.2 Å². The molecule has 2 aliphatic heterocycles. The number of hydrogen-bond acceptors (Lipinski definition) is 6. The van der Waals surface area contributed by atoms with Crippen molar-refractivity contribution in [1.82, 2.24) is 0 Å². The van der Waals surface area contributed by atoms with Crippen LogP contribution in [0.3, 0.4) is 0 Å². The molecule has 6 heteroatoms. The van der Waals surface area contributed by atoms with Gasteiger partial charge in [0, 0.05) is 0 Å². The highest BCUT2D eigenvalue weighted by molar-refractivity contribution is 4.90. The zero-order valence-electron chi connectivity index (χ0n) is 12.0. The Labute approximate surface area is 128 Å². The molecule has 2 aliphatic rings. The van der Waals surface area contributed by atoms with Crippen molar-refractivity contribution in [3.05, 3.63) is 13.2 Å². The summed E-state index contributed by atoms with van der Waals surface area (Å²) in [5.41, 5.74) is 0. The molecule has 0 aromatic rings. The van der Waals surface area contributed by atoms with Crippen LogP contribution in [0.1, 0.15) is 42.5 Å². The van der Waals surface area contributed by atoms with Crippen molar-refractivity contribution < 1.29 is 29.1 Å². The van der Waals surface area contributed by atoms with Crippen LogP contribution < -0.4 is 0 Å². The van der Waals surface area contributed by atoms with Crippen molar-refractivity contribution in [3.8, 4) is 0 Å². The summed E-state index contributed by atoms with van der Waals surface area (Å²) in [6.45, 7) is 13.8. The molecule has 3 unspecified atom stereocenters. The Morgan fingerprint density at radius 3 is 2.05 bits per heavy atom. The van der Waals surface area contributed by atoms with Crippen molar-refractivity contribution in [3.63, 3.8) is 0 Å². The van der Waals surface area contributed by atoms with Crippen molar-refractivity contribution in [1.29, 1.82) is 0 Å². The van der Waals surface area contributed by atoms with Gasteiger partial charge in [-0.05, 0) is 27.7 Å². The van der Waals surface area contributed by atoms with Crippen molar-refractivity contribution in [2.75, 3.05) is 13.2 Å². The molecule has 2 rings (SSSR count). The summed E-state index contributed by atoms with van der Waals surface area (Å²) in [7, 11) is 0. The molecule has 21 heavy (non-hydrogen) atoms. The van der Waals surface area contributed by atoms with Crippen molar-refractivity contribution in [2.45, 2.75) is 72.4 Å². The molecular weight excluding hydrogens is 276 g/mol. The van der Waals surface area contributed by atoms with Crippen molar-refractivity contribution >= 4 is 0 Å². The second kappa shape index (κ2) is 8.82. The van der Waals surface area contributed by atoms with E-state index in [9.17, 15) is 0 Å². The van der Waals surface area contributed by atoms with Gasteiger partial charge < -0.3 is 18.9 Å². The number of rotatable bonds is 3. The van der Waals surface area contributed by atoms with Crippen LogP contribution in [0.4, 0.5) is 0 Å². The molecule has 0 spiro atoms. The van der Waals surface area contributed by atoms with Crippen LogP contribution in [0.2, 0.25) is 0 Å². The fourth-order valence-corrected chi connectivity index (χ4v) is 2.26. The van der Waals surface area contributed by atoms with Crippen LogP contribution in [0, 0.1) is 0 Å². The van der Waals surface area contributed by atoms with E-state index in [1.807, 2.05) is 27.7 Å². The smallest absolute Gasteiger partial charge is 0.164 e. The first kappa shape index (κ1) is 22.8. The van der Waals surface area contributed by atoms with Crippen LogP contribution in [-0.4, -0.2) is 48.4 Å². The predicted molar refractivity (Wildman–Crippen MR) is 82.0 cm³/mol. The third-order valence-electron chi connectivity index (χ3n) is 2.86. The average Bonchev–Trinajstić information content (AvgIpc) is 2.82. The zero-order valence-corrected chi connectivity index (χ0v) is 12.0. The van der Waals surface area contributed by atoms with Gasteiger partial charge in [0.1, 0.15) is 24.9 Å². The van der Waals surface area contributed by atoms with E-state index in [-0.39, 0.29) is 39.8 Å². The van der Waals surface area contributed by atoms with Crippen LogP contribution >= 0.6 is 0 Å². The summed E-state index contributed by atoms with van der Waals surface area (Å²) < 4.78 is 22.6. The van der Waals surface area contributed by atoms with Gasteiger partial charge in [0.15, 0.2) is 11.6 Å². The highest BCUT2D eigenvalue weighted by Crippen LogP contribution is 2.35. The lowest BCUT2D eigenvalue weighted by Gasteiger charge is -2.23. The first-order valence-electron chi connectivity index (χ1n) is 6.27. The minimum absolute atomic E-state index is 0. The fourth-order valence-electron chi connectivity index (χ4n) is 2.26. The maximum atomic E-state index is 8.55. The minimum Gasteiger partial charge on any atom is -0.348 e. The van der Waals surface area contributed by atoms with E-state index in [0.29, 0.717) is 6.61 Å². The summed E-state index contributed by atoms with van der Waals surface area (Å²) in [5, 5.41) is 8.55. The van der Waals surface area contributed by atoms with E-state index >= 15 is 0 Å². The molecule has 0 bridgehead atoms. The topological polar surface area (TPSA) is 66.4 Å². The van der Waals surface area contributed by atoms with E-state index in [0.717, 1.165) is 0 Å². The zero-order chi connectivity index (χ0) is 14.7. The van der Waals surface area contributed by atoms with Gasteiger partial charge in [0.25, 0.3) is 0 Å². The summed E-state index contributed by atoms with van der Waals surface area (Å²) in [6.07, 6.45) is -0.886. The van der Waals surface area contributed by atoms with Crippen LogP contribution in [0.5, 0.6) is 0 Å². The Kier molecular flexibility index (Phi) is 9.57. The number of hydrogen-bond donors (Lipinski definition) is 1. The molecule has 0 saturated carbocycles. The van der Waals surface area contributed by atoms with Gasteiger partial charge in [-0.2, -0.15) is 0 Å². The lowest BCUT2D eigenvalue weighted by atomic mass is 10.1. The minimum atomic E-state index is -0.704. The Bertz CT molecular complexity index is 292. The summed E-state index contributed by atoms with van der Waals surface area (Å²) >= 11 is 0. The molecule has 128 valence electrons. The van der Waals surface area contributed by atoms with E-state index in [1.165, 1.54) is 0 Å². The van der Waals surface area contributed by atoms with Crippen molar-refractivity contribution in [2.24, 2.45) is 0 Å². The molecule has 3 atom stereocenters. The SMILES string of the molecule is C.C.C=C.CC1(C)OCC(C2OC(C)(C)OC2COO)O1. The molecule has 2 heterocycles. The quantitative estimate of drug-likeness (QED) is 0.490. The Morgan fingerprint density at radius 2 is 1.62 bits per heavy atom. The highest BCUT2D eigenvalue weighted by atomic mass is 17.1. The average molecular weight is 308 g/mol. The standard InChI is InChI=1S/C11H20O6.C2H4.2CH4/c1-10(2)13-5-7(15-10)9-8(6-14-12)16-11(3,4)17-9;1-2;;/h7-9,12H,5-6H2,1-4H3;1-2H2;2*1H4. The molecule has 1 N–H and O–H groups in total.